The fraction of sp³-hybridized carbons (Fsp3) is 1.00. The van der Waals surface area contributed by atoms with Crippen molar-refractivity contribution in [3.63, 3.8) is 0 Å². The first-order valence-corrected chi connectivity index (χ1v) is 7.35. The van der Waals surface area contributed by atoms with Crippen LogP contribution in [0.2, 0.25) is 0 Å². The second kappa shape index (κ2) is 6.17. The van der Waals surface area contributed by atoms with Gasteiger partial charge in [0, 0.05) is 25.2 Å². The van der Waals surface area contributed by atoms with Crippen molar-refractivity contribution in [1.29, 1.82) is 0 Å². The Morgan fingerprint density at radius 3 is 2.65 bits per heavy atom. The van der Waals surface area contributed by atoms with Gasteiger partial charge in [-0.05, 0) is 51.9 Å². The summed E-state index contributed by atoms with van der Waals surface area (Å²) < 4.78 is 0. The lowest BCUT2D eigenvalue weighted by atomic mass is 10.0. The van der Waals surface area contributed by atoms with E-state index in [1.807, 2.05) is 0 Å². The summed E-state index contributed by atoms with van der Waals surface area (Å²) in [6.45, 7) is 11.1. The molecule has 2 rings (SSSR count). The van der Waals surface area contributed by atoms with Gasteiger partial charge in [-0.1, -0.05) is 13.8 Å². The minimum Gasteiger partial charge on any atom is -0.318 e. The second-order valence-corrected chi connectivity index (χ2v) is 6.05. The van der Waals surface area contributed by atoms with E-state index < -0.39 is 0 Å². The van der Waals surface area contributed by atoms with Crippen LogP contribution >= 0.6 is 0 Å². The van der Waals surface area contributed by atoms with E-state index in [9.17, 15) is 0 Å². The van der Waals surface area contributed by atoms with Gasteiger partial charge in [-0.15, -0.1) is 0 Å². The molecule has 2 saturated heterocycles. The normalized spacial score (nSPS) is 29.3. The molecule has 0 bridgehead atoms. The van der Waals surface area contributed by atoms with Crippen LogP contribution in [0.4, 0.5) is 0 Å². The predicted octanol–water partition coefficient (Wildman–Crippen LogP) is 1.40. The van der Waals surface area contributed by atoms with Gasteiger partial charge >= 0.3 is 0 Å². The number of hydrogen-bond donors (Lipinski definition) is 1. The van der Waals surface area contributed by atoms with Gasteiger partial charge in [-0.2, -0.15) is 0 Å². The Bertz CT molecular complexity index is 230. The van der Waals surface area contributed by atoms with Crippen molar-refractivity contribution in [2.24, 2.45) is 5.92 Å². The van der Waals surface area contributed by atoms with Gasteiger partial charge in [0.05, 0.1) is 0 Å². The average Bonchev–Trinajstić information content (AvgIpc) is 2.63. The van der Waals surface area contributed by atoms with Crippen molar-refractivity contribution in [2.75, 3.05) is 39.8 Å². The first-order chi connectivity index (χ1) is 8.22. The molecule has 2 aliphatic heterocycles. The number of likely N-dealkylation sites (N-methyl/N-ethyl adjacent to an activating group) is 1. The second-order valence-electron chi connectivity index (χ2n) is 6.05. The van der Waals surface area contributed by atoms with Crippen molar-refractivity contribution >= 4 is 0 Å². The number of fused-ring (bicyclic) bond motifs is 1. The maximum absolute atomic E-state index is 3.37. The summed E-state index contributed by atoms with van der Waals surface area (Å²) in [5, 5.41) is 3.37. The third-order valence-corrected chi connectivity index (χ3v) is 4.49. The quantitative estimate of drug-likeness (QED) is 0.800. The molecule has 0 radical (unpaired) electrons. The smallest absolute Gasteiger partial charge is 0.0244 e. The average molecular weight is 239 g/mol. The number of nitrogens with one attached hydrogen (secondary N) is 1. The highest BCUT2D eigenvalue weighted by atomic mass is 15.3. The van der Waals surface area contributed by atoms with Gasteiger partial charge in [0.1, 0.15) is 0 Å². The van der Waals surface area contributed by atoms with Crippen LogP contribution in [-0.4, -0.2) is 61.7 Å². The zero-order chi connectivity index (χ0) is 12.3. The summed E-state index contributed by atoms with van der Waals surface area (Å²) in [5.41, 5.74) is 0. The molecule has 0 spiro atoms. The van der Waals surface area contributed by atoms with E-state index in [4.69, 9.17) is 0 Å². The van der Waals surface area contributed by atoms with Crippen molar-refractivity contribution in [3.8, 4) is 0 Å². The summed E-state index contributed by atoms with van der Waals surface area (Å²) in [7, 11) is 2.08. The van der Waals surface area contributed by atoms with E-state index in [0.29, 0.717) is 6.04 Å². The van der Waals surface area contributed by atoms with Gasteiger partial charge in [-0.25, -0.2) is 0 Å². The molecule has 0 aliphatic carbocycles. The zero-order valence-corrected chi connectivity index (χ0v) is 11.8. The van der Waals surface area contributed by atoms with Crippen LogP contribution in [0.5, 0.6) is 0 Å². The molecule has 100 valence electrons. The predicted molar refractivity (Wildman–Crippen MR) is 73.3 cm³/mol. The molecule has 0 aromatic rings. The van der Waals surface area contributed by atoms with E-state index in [0.717, 1.165) is 18.5 Å². The van der Waals surface area contributed by atoms with E-state index in [2.05, 4.69) is 36.0 Å². The molecule has 2 fully saturated rings. The van der Waals surface area contributed by atoms with Gasteiger partial charge in [0.15, 0.2) is 0 Å². The first kappa shape index (κ1) is 13.3. The number of rotatable bonds is 4. The molecule has 2 heterocycles. The van der Waals surface area contributed by atoms with E-state index >= 15 is 0 Å². The lowest BCUT2D eigenvalue weighted by molar-refractivity contribution is 0.139. The molecular weight excluding hydrogens is 210 g/mol. The standard InChI is InChI=1S/C14H29N3/c1-12(2)14(10-15-3)17-9-5-8-16-7-4-6-13(16)11-17/h12-15H,4-11H2,1-3H3. The Balaban J connectivity index is 1.98. The molecule has 3 nitrogen and oxygen atoms in total. The molecule has 17 heavy (non-hydrogen) atoms. The highest BCUT2D eigenvalue weighted by molar-refractivity contribution is 4.88. The highest BCUT2D eigenvalue weighted by Crippen LogP contribution is 2.23. The van der Waals surface area contributed by atoms with Crippen molar-refractivity contribution in [2.45, 2.75) is 45.2 Å². The maximum Gasteiger partial charge on any atom is 0.0244 e. The lowest BCUT2D eigenvalue weighted by Gasteiger charge is -2.35. The van der Waals surface area contributed by atoms with E-state index in [1.54, 1.807) is 0 Å². The summed E-state index contributed by atoms with van der Waals surface area (Å²) in [4.78, 5) is 5.47. The van der Waals surface area contributed by atoms with Crippen LogP contribution in [0.1, 0.15) is 33.1 Å². The minimum atomic E-state index is 0.709. The number of nitrogens with zero attached hydrogens (tertiary/aromatic N) is 2. The SMILES string of the molecule is CNCC(C(C)C)N1CCCN2CCCC2C1. The van der Waals surface area contributed by atoms with Crippen LogP contribution < -0.4 is 5.32 Å². The highest BCUT2D eigenvalue weighted by Gasteiger charge is 2.31. The summed E-state index contributed by atoms with van der Waals surface area (Å²) in [5.74, 6) is 0.746. The monoisotopic (exact) mass is 239 g/mol. The molecule has 0 amide bonds. The van der Waals surface area contributed by atoms with Crippen molar-refractivity contribution < 1.29 is 0 Å². The Kier molecular flexibility index (Phi) is 4.83. The fourth-order valence-corrected chi connectivity index (χ4v) is 3.53. The topological polar surface area (TPSA) is 18.5 Å². The minimum absolute atomic E-state index is 0.709. The lowest BCUT2D eigenvalue weighted by Crippen LogP contribution is -2.48. The fourth-order valence-electron chi connectivity index (χ4n) is 3.53. The van der Waals surface area contributed by atoms with Crippen molar-refractivity contribution in [3.05, 3.63) is 0 Å². The molecule has 0 aromatic heterocycles. The van der Waals surface area contributed by atoms with Crippen LogP contribution in [0.3, 0.4) is 0 Å². The van der Waals surface area contributed by atoms with Gasteiger partial charge in [-0.3, -0.25) is 9.80 Å². The van der Waals surface area contributed by atoms with Crippen LogP contribution in [0, 0.1) is 5.92 Å². The Morgan fingerprint density at radius 1 is 1.18 bits per heavy atom. The molecule has 2 unspecified atom stereocenters. The van der Waals surface area contributed by atoms with Crippen molar-refractivity contribution in [1.82, 2.24) is 15.1 Å². The molecule has 2 aliphatic rings. The summed E-state index contributed by atoms with van der Waals surface area (Å²) in [6.07, 6.45) is 4.18. The van der Waals surface area contributed by atoms with E-state index in [1.165, 1.54) is 45.4 Å². The Morgan fingerprint density at radius 2 is 1.94 bits per heavy atom. The Labute approximate surface area is 107 Å². The largest absolute Gasteiger partial charge is 0.318 e. The van der Waals surface area contributed by atoms with E-state index in [-0.39, 0.29) is 0 Å². The molecule has 2 atom stereocenters. The molecular formula is C14H29N3. The molecule has 1 N–H and O–H groups in total. The zero-order valence-electron chi connectivity index (χ0n) is 11.8. The molecule has 3 heteroatoms. The first-order valence-electron chi connectivity index (χ1n) is 7.35. The van der Waals surface area contributed by atoms with Crippen LogP contribution in [-0.2, 0) is 0 Å². The summed E-state index contributed by atoms with van der Waals surface area (Å²) >= 11 is 0. The Hall–Kier alpha value is -0.120. The van der Waals surface area contributed by atoms with Gasteiger partial charge in [0.25, 0.3) is 0 Å². The third kappa shape index (κ3) is 3.21. The maximum atomic E-state index is 3.37. The number of hydrogen-bond acceptors (Lipinski definition) is 3. The molecule has 0 aromatic carbocycles. The summed E-state index contributed by atoms with van der Waals surface area (Å²) in [6, 6.07) is 1.55. The van der Waals surface area contributed by atoms with Gasteiger partial charge in [0.2, 0.25) is 0 Å². The van der Waals surface area contributed by atoms with Crippen LogP contribution in [0.15, 0.2) is 0 Å². The van der Waals surface area contributed by atoms with Crippen LogP contribution in [0.25, 0.3) is 0 Å². The van der Waals surface area contributed by atoms with Gasteiger partial charge < -0.3 is 5.32 Å². The molecule has 0 saturated carbocycles. The third-order valence-electron chi connectivity index (χ3n) is 4.49.